The van der Waals surface area contributed by atoms with Gasteiger partial charge in [0.2, 0.25) is 0 Å². The van der Waals surface area contributed by atoms with Gasteiger partial charge in [0.05, 0.1) is 6.42 Å². The maximum Gasteiger partial charge on any atom is 0.312 e. The number of aromatic hydroxyl groups is 1. The number of esters is 1. The van der Waals surface area contributed by atoms with Crippen molar-refractivity contribution in [3.63, 3.8) is 0 Å². The van der Waals surface area contributed by atoms with Crippen LogP contribution in [0.1, 0.15) is 117 Å². The normalized spacial score (nSPS) is 16.7. The van der Waals surface area contributed by atoms with E-state index in [1.165, 1.54) is 12.8 Å². The summed E-state index contributed by atoms with van der Waals surface area (Å²) in [5, 5.41) is 19.5. The smallest absolute Gasteiger partial charge is 0.312 e. The molecule has 0 aromatic heterocycles. The first-order valence-electron chi connectivity index (χ1n) is 14.3. The van der Waals surface area contributed by atoms with Gasteiger partial charge in [-0.3, -0.25) is 4.79 Å². The van der Waals surface area contributed by atoms with Gasteiger partial charge in [-0.05, 0) is 46.6 Å². The Morgan fingerprint density at radius 3 is 1.82 bits per heavy atom. The van der Waals surface area contributed by atoms with E-state index in [9.17, 15) is 9.90 Å². The fourth-order valence-corrected chi connectivity index (χ4v) is 5.00. The second-order valence-electron chi connectivity index (χ2n) is 14.1. The summed E-state index contributed by atoms with van der Waals surface area (Å²) >= 11 is 0. The molecule has 5 nitrogen and oxygen atoms in total. The van der Waals surface area contributed by atoms with Crippen LogP contribution in [-0.4, -0.2) is 36.0 Å². The highest BCUT2D eigenvalue weighted by atomic mass is 16.5. The van der Waals surface area contributed by atoms with Crippen LogP contribution in [0.15, 0.2) is 36.4 Å². The summed E-state index contributed by atoms with van der Waals surface area (Å²) in [6.45, 7) is 23.1. The van der Waals surface area contributed by atoms with E-state index in [0.29, 0.717) is 18.6 Å². The number of para-hydroxylation sites is 2. The number of carbonyl (C=O) groups excluding carboxylic acids is 1. The molecule has 0 amide bonds. The van der Waals surface area contributed by atoms with Crippen LogP contribution < -0.4 is 4.74 Å². The van der Waals surface area contributed by atoms with E-state index in [4.69, 9.17) is 14.6 Å². The van der Waals surface area contributed by atoms with Gasteiger partial charge in [0.25, 0.3) is 0 Å². The number of hydrogen-bond acceptors (Lipinski definition) is 5. The lowest BCUT2D eigenvalue weighted by atomic mass is 9.75. The van der Waals surface area contributed by atoms with Gasteiger partial charge in [-0.2, -0.15) is 0 Å². The second-order valence-corrected chi connectivity index (χ2v) is 14.1. The number of phenols is 1. The van der Waals surface area contributed by atoms with Gasteiger partial charge in [-0.15, -0.1) is 0 Å². The topological polar surface area (TPSA) is 76.0 Å². The molecular formula is C34H52O5. The summed E-state index contributed by atoms with van der Waals surface area (Å²) in [5.74, 6) is 1.03. The van der Waals surface area contributed by atoms with Crippen molar-refractivity contribution in [2.45, 2.75) is 117 Å². The zero-order valence-corrected chi connectivity index (χ0v) is 26.0. The average Bonchev–Trinajstić information content (AvgIpc) is 3.37. The van der Waals surface area contributed by atoms with E-state index in [1.807, 2.05) is 38.1 Å². The van der Waals surface area contributed by atoms with E-state index in [2.05, 4.69) is 67.5 Å². The molecule has 0 saturated carbocycles. The molecule has 2 aromatic carbocycles. The third-order valence-corrected chi connectivity index (χ3v) is 7.49. The molecular weight excluding hydrogens is 488 g/mol. The maximum atomic E-state index is 11.7. The van der Waals surface area contributed by atoms with Crippen molar-refractivity contribution >= 4 is 5.97 Å². The summed E-state index contributed by atoms with van der Waals surface area (Å²) in [5.41, 5.74) is 3.70. The fourth-order valence-electron chi connectivity index (χ4n) is 5.00. The molecule has 2 aromatic rings. The largest absolute Gasteiger partial charge is 0.507 e. The highest BCUT2D eigenvalue weighted by Crippen LogP contribution is 2.44. The number of aliphatic hydroxyl groups excluding tert-OH is 1. The standard InChI is InChI=1S/C15H20O2.C15H24O2.C4H8O/c1-14(2,3)10-7-6-8-11-13(10)17-12(16)9-15(11,4)5;1-14(2,3)11-7-6-8-12(13(11)17)15(4,5)9-10-16;1-2-4-5-3-1/h6-8H,9H2,1-5H3;6-8,16-17H,9-10H2,1-5H3;1-4H2. The number of phenolic OH excluding ortho intramolecular Hbond substituents is 1. The van der Waals surface area contributed by atoms with Crippen LogP contribution in [0.25, 0.3) is 0 Å². The summed E-state index contributed by atoms with van der Waals surface area (Å²) in [7, 11) is 0. The number of carbonyl (C=O) groups is 1. The van der Waals surface area contributed by atoms with Gasteiger partial charge in [0.15, 0.2) is 0 Å². The SMILES string of the molecule is C1CCOC1.CC(C)(C)c1cccc(C(C)(C)CCO)c1O.CC(C)(C)c1cccc2c1OC(=O)CC2(C)C. The molecule has 5 heteroatoms. The summed E-state index contributed by atoms with van der Waals surface area (Å²) in [6.07, 6.45) is 3.65. The first-order chi connectivity index (χ1) is 17.9. The van der Waals surface area contributed by atoms with Crippen molar-refractivity contribution in [2.24, 2.45) is 0 Å². The molecule has 2 aliphatic rings. The highest BCUT2D eigenvalue weighted by Gasteiger charge is 2.36. The minimum atomic E-state index is -0.208. The molecule has 4 rings (SSSR count). The van der Waals surface area contributed by atoms with Crippen molar-refractivity contribution < 1.29 is 24.5 Å². The summed E-state index contributed by atoms with van der Waals surface area (Å²) in [6, 6.07) is 12.1. The Kier molecular flexibility index (Phi) is 10.8. The zero-order valence-electron chi connectivity index (χ0n) is 26.0. The van der Waals surface area contributed by atoms with Crippen LogP contribution >= 0.6 is 0 Å². The van der Waals surface area contributed by atoms with Crippen molar-refractivity contribution in [3.8, 4) is 11.5 Å². The van der Waals surface area contributed by atoms with E-state index in [0.717, 1.165) is 41.2 Å². The van der Waals surface area contributed by atoms with Crippen LogP contribution in [0, 0.1) is 0 Å². The Morgan fingerprint density at radius 1 is 0.821 bits per heavy atom. The number of ether oxygens (including phenoxy) is 2. The van der Waals surface area contributed by atoms with E-state index >= 15 is 0 Å². The molecule has 0 unspecified atom stereocenters. The van der Waals surface area contributed by atoms with E-state index in [-0.39, 0.29) is 34.2 Å². The predicted molar refractivity (Wildman–Crippen MR) is 160 cm³/mol. The molecule has 0 spiro atoms. The van der Waals surface area contributed by atoms with Crippen LogP contribution in [0.5, 0.6) is 11.5 Å². The highest BCUT2D eigenvalue weighted by molar-refractivity contribution is 5.78. The number of fused-ring (bicyclic) bond motifs is 1. The molecule has 2 aliphatic heterocycles. The molecule has 0 radical (unpaired) electrons. The third kappa shape index (κ3) is 8.81. The van der Waals surface area contributed by atoms with Crippen LogP contribution in [0.4, 0.5) is 0 Å². The Balaban J connectivity index is 0.000000232. The third-order valence-electron chi connectivity index (χ3n) is 7.49. The van der Waals surface area contributed by atoms with Crippen LogP contribution in [0.3, 0.4) is 0 Å². The van der Waals surface area contributed by atoms with Crippen LogP contribution in [0.2, 0.25) is 0 Å². The molecule has 2 N–H and O–H groups in total. The Bertz CT molecular complexity index is 1070. The molecule has 1 saturated heterocycles. The van der Waals surface area contributed by atoms with Crippen molar-refractivity contribution in [3.05, 3.63) is 58.7 Å². The lowest BCUT2D eigenvalue weighted by Gasteiger charge is -2.34. The van der Waals surface area contributed by atoms with Gasteiger partial charge in [-0.1, -0.05) is 106 Å². The van der Waals surface area contributed by atoms with E-state index in [1.54, 1.807) is 0 Å². The molecule has 39 heavy (non-hydrogen) atoms. The first kappa shape index (κ1) is 32.8. The molecule has 2 heterocycles. The van der Waals surface area contributed by atoms with Gasteiger partial charge in [-0.25, -0.2) is 0 Å². The quantitative estimate of drug-likeness (QED) is 0.308. The number of benzene rings is 2. The molecule has 1 fully saturated rings. The van der Waals surface area contributed by atoms with Crippen molar-refractivity contribution in [1.82, 2.24) is 0 Å². The molecule has 0 aliphatic carbocycles. The fraction of sp³-hybridized carbons (Fsp3) is 0.618. The minimum Gasteiger partial charge on any atom is -0.507 e. The summed E-state index contributed by atoms with van der Waals surface area (Å²) < 4.78 is 10.4. The van der Waals surface area contributed by atoms with Crippen molar-refractivity contribution in [2.75, 3.05) is 19.8 Å². The van der Waals surface area contributed by atoms with Gasteiger partial charge in [0.1, 0.15) is 11.5 Å². The molecule has 0 atom stereocenters. The number of rotatable bonds is 3. The zero-order chi connectivity index (χ0) is 29.6. The average molecular weight is 541 g/mol. The summed E-state index contributed by atoms with van der Waals surface area (Å²) in [4.78, 5) is 11.7. The van der Waals surface area contributed by atoms with Gasteiger partial charge >= 0.3 is 5.97 Å². The maximum absolute atomic E-state index is 11.7. The lowest BCUT2D eigenvalue weighted by molar-refractivity contribution is -0.137. The Morgan fingerprint density at radius 2 is 1.33 bits per heavy atom. The Labute approximate surface area is 236 Å². The van der Waals surface area contributed by atoms with E-state index < -0.39 is 0 Å². The van der Waals surface area contributed by atoms with Gasteiger partial charge < -0.3 is 19.7 Å². The van der Waals surface area contributed by atoms with Gasteiger partial charge in [0, 0.05) is 36.4 Å². The minimum absolute atomic E-state index is 0.0148. The monoisotopic (exact) mass is 540 g/mol. The lowest BCUT2D eigenvalue weighted by Crippen LogP contribution is -2.32. The second kappa shape index (κ2) is 12.9. The first-order valence-corrected chi connectivity index (χ1v) is 14.3. The number of hydrogen-bond donors (Lipinski definition) is 2. The van der Waals surface area contributed by atoms with Crippen LogP contribution in [-0.2, 0) is 31.2 Å². The van der Waals surface area contributed by atoms with Crippen molar-refractivity contribution in [1.29, 1.82) is 0 Å². The molecule has 0 bridgehead atoms. The predicted octanol–water partition coefficient (Wildman–Crippen LogP) is 7.72. The molecule has 218 valence electrons. The Hall–Kier alpha value is -2.37. The number of aliphatic hydroxyl groups is 1.